The van der Waals surface area contributed by atoms with E-state index in [4.69, 9.17) is 4.74 Å². The summed E-state index contributed by atoms with van der Waals surface area (Å²) >= 11 is 3.07. The van der Waals surface area contributed by atoms with Crippen LogP contribution in [0.3, 0.4) is 0 Å². The zero-order valence-electron chi connectivity index (χ0n) is 13.2. The van der Waals surface area contributed by atoms with E-state index in [1.54, 1.807) is 42.7 Å². The number of methoxy groups -OCH3 is 1. The van der Waals surface area contributed by atoms with Crippen molar-refractivity contribution in [3.05, 3.63) is 57.7 Å². The zero-order valence-corrected chi connectivity index (χ0v) is 14.9. The molecule has 0 bridgehead atoms. The van der Waals surface area contributed by atoms with Crippen molar-refractivity contribution in [3.8, 4) is 22.4 Å². The number of nitrogens with zero attached hydrogens (tertiary/aromatic N) is 2. The molecule has 0 saturated heterocycles. The average molecular weight is 367 g/mol. The van der Waals surface area contributed by atoms with Crippen molar-refractivity contribution >= 4 is 40.3 Å². The molecule has 1 aromatic carbocycles. The van der Waals surface area contributed by atoms with Crippen LogP contribution in [0.1, 0.15) is 5.69 Å². The summed E-state index contributed by atoms with van der Waals surface area (Å²) in [5, 5.41) is 18.7. The second-order valence-corrected chi connectivity index (χ2v) is 6.58. The third kappa shape index (κ3) is 4.12. The summed E-state index contributed by atoms with van der Waals surface area (Å²) in [6.07, 6.45) is 1.49. The molecule has 0 aliphatic carbocycles. The molecule has 3 aromatic rings. The molecule has 124 valence electrons. The van der Waals surface area contributed by atoms with Gasteiger partial charge in [-0.15, -0.1) is 11.3 Å². The Balaban J connectivity index is 1.75. The molecule has 2 heterocycles. The van der Waals surface area contributed by atoms with Crippen LogP contribution in [0.15, 0.2) is 52.0 Å². The van der Waals surface area contributed by atoms with E-state index in [-0.39, 0.29) is 5.57 Å². The van der Waals surface area contributed by atoms with E-state index in [9.17, 15) is 10.1 Å². The highest BCUT2D eigenvalue weighted by atomic mass is 32.1. The minimum atomic E-state index is -0.474. The molecular weight excluding hydrogens is 354 g/mol. The maximum Gasteiger partial charge on any atom is 0.266 e. The summed E-state index contributed by atoms with van der Waals surface area (Å²) < 4.78 is 5.07. The summed E-state index contributed by atoms with van der Waals surface area (Å²) in [6.45, 7) is 0. The monoisotopic (exact) mass is 367 g/mol. The normalized spacial score (nSPS) is 11.0. The lowest BCUT2D eigenvalue weighted by atomic mass is 10.2. The van der Waals surface area contributed by atoms with Gasteiger partial charge in [-0.3, -0.25) is 4.79 Å². The lowest BCUT2D eigenvalue weighted by molar-refractivity contribution is -0.112. The molecule has 7 heteroatoms. The minimum absolute atomic E-state index is 0.00186. The Morgan fingerprint density at radius 1 is 1.28 bits per heavy atom. The van der Waals surface area contributed by atoms with Crippen LogP contribution in [-0.2, 0) is 4.79 Å². The van der Waals surface area contributed by atoms with Gasteiger partial charge in [-0.05, 0) is 41.8 Å². The van der Waals surface area contributed by atoms with E-state index >= 15 is 0 Å². The smallest absolute Gasteiger partial charge is 0.266 e. The first-order valence-corrected chi connectivity index (χ1v) is 9.07. The number of carbonyl (C=O) groups is 1. The topological polar surface area (TPSA) is 75.0 Å². The van der Waals surface area contributed by atoms with Crippen molar-refractivity contribution in [2.75, 3.05) is 12.4 Å². The minimum Gasteiger partial charge on any atom is -0.497 e. The summed E-state index contributed by atoms with van der Waals surface area (Å²) in [6, 6.07) is 10.8. The van der Waals surface area contributed by atoms with Gasteiger partial charge in [0.05, 0.1) is 12.8 Å². The van der Waals surface area contributed by atoms with E-state index in [0.717, 1.165) is 10.6 Å². The fraction of sp³-hybridized carbons (Fsp3) is 0.0556. The van der Waals surface area contributed by atoms with Gasteiger partial charge in [0, 0.05) is 22.0 Å². The van der Waals surface area contributed by atoms with Crippen LogP contribution in [-0.4, -0.2) is 18.0 Å². The molecule has 0 spiro atoms. The van der Waals surface area contributed by atoms with Crippen LogP contribution in [0.4, 0.5) is 5.69 Å². The molecule has 0 fully saturated rings. The van der Waals surface area contributed by atoms with Gasteiger partial charge in [0.25, 0.3) is 5.91 Å². The quantitative estimate of drug-likeness (QED) is 0.535. The van der Waals surface area contributed by atoms with Gasteiger partial charge in [0.15, 0.2) is 0 Å². The number of nitrogens with one attached hydrogen (secondary N) is 1. The van der Waals surface area contributed by atoms with Gasteiger partial charge in [-0.1, -0.05) is 0 Å². The van der Waals surface area contributed by atoms with Gasteiger partial charge in [0.2, 0.25) is 0 Å². The van der Waals surface area contributed by atoms with Gasteiger partial charge in [-0.2, -0.15) is 16.6 Å². The molecular formula is C18H13N3O2S2. The highest BCUT2D eigenvalue weighted by Crippen LogP contribution is 2.26. The first-order valence-electron chi connectivity index (χ1n) is 7.25. The fourth-order valence-corrected chi connectivity index (χ4v) is 3.53. The Kier molecular flexibility index (Phi) is 5.23. The second kappa shape index (κ2) is 7.75. The van der Waals surface area contributed by atoms with Gasteiger partial charge in [-0.25, -0.2) is 4.98 Å². The number of thiophene rings is 1. The van der Waals surface area contributed by atoms with Crippen molar-refractivity contribution in [1.29, 1.82) is 5.26 Å². The number of benzene rings is 1. The predicted octanol–water partition coefficient (Wildman–Crippen LogP) is 4.43. The van der Waals surface area contributed by atoms with Crippen LogP contribution in [0.5, 0.6) is 5.75 Å². The first-order chi connectivity index (χ1) is 12.2. The third-order valence-corrected chi connectivity index (χ3v) is 4.89. The van der Waals surface area contributed by atoms with Crippen molar-refractivity contribution in [3.63, 3.8) is 0 Å². The highest BCUT2D eigenvalue weighted by molar-refractivity contribution is 7.14. The summed E-state index contributed by atoms with van der Waals surface area (Å²) in [4.78, 5) is 16.7. The van der Waals surface area contributed by atoms with Crippen molar-refractivity contribution in [1.82, 2.24) is 4.98 Å². The molecule has 5 nitrogen and oxygen atoms in total. The van der Waals surface area contributed by atoms with E-state index in [1.165, 1.54) is 17.4 Å². The maximum atomic E-state index is 12.3. The van der Waals surface area contributed by atoms with E-state index in [0.29, 0.717) is 17.1 Å². The van der Waals surface area contributed by atoms with Crippen LogP contribution in [0.25, 0.3) is 16.6 Å². The lowest BCUT2D eigenvalue weighted by Gasteiger charge is -2.05. The largest absolute Gasteiger partial charge is 0.497 e. The Bertz CT molecular complexity index is 936. The fourth-order valence-electron chi connectivity index (χ4n) is 2.04. The molecule has 25 heavy (non-hydrogen) atoms. The molecule has 2 aromatic heterocycles. The maximum absolute atomic E-state index is 12.3. The lowest BCUT2D eigenvalue weighted by Crippen LogP contribution is -2.13. The Morgan fingerprint density at radius 2 is 2.08 bits per heavy atom. The van der Waals surface area contributed by atoms with Gasteiger partial charge in [0.1, 0.15) is 22.4 Å². The molecule has 3 rings (SSSR count). The predicted molar refractivity (Wildman–Crippen MR) is 101 cm³/mol. The first kappa shape index (κ1) is 16.9. The Hall–Kier alpha value is -2.95. The number of aromatic nitrogens is 1. The standard InChI is InChI=1S/C18H13N3O2S2/c1-23-16-4-2-14(3-5-16)20-17(22)13(9-19)8-15-11-25-18(21-15)12-6-7-24-10-12/h2-8,10-11H,1H3,(H,20,22). The number of nitriles is 1. The molecule has 0 atom stereocenters. The Labute approximate surface area is 152 Å². The summed E-state index contributed by atoms with van der Waals surface area (Å²) in [7, 11) is 1.57. The number of carbonyl (C=O) groups excluding carboxylic acids is 1. The number of rotatable bonds is 5. The van der Waals surface area contributed by atoms with Crippen molar-refractivity contribution in [2.24, 2.45) is 0 Å². The summed E-state index contributed by atoms with van der Waals surface area (Å²) in [5.41, 5.74) is 2.21. The molecule has 0 saturated carbocycles. The van der Waals surface area contributed by atoms with Crippen LogP contribution in [0, 0.1) is 11.3 Å². The molecule has 1 N–H and O–H groups in total. The number of hydrogen-bond donors (Lipinski definition) is 1. The number of ether oxygens (including phenoxy) is 1. The van der Waals surface area contributed by atoms with E-state index in [2.05, 4.69) is 10.3 Å². The SMILES string of the molecule is COc1ccc(NC(=O)C(C#N)=Cc2csc(-c3ccsc3)n2)cc1. The van der Waals surface area contributed by atoms with Crippen LogP contribution < -0.4 is 10.1 Å². The third-order valence-electron chi connectivity index (χ3n) is 3.30. The zero-order chi connectivity index (χ0) is 17.6. The molecule has 0 aliphatic heterocycles. The number of anilines is 1. The number of hydrogen-bond acceptors (Lipinski definition) is 6. The van der Waals surface area contributed by atoms with Crippen molar-refractivity contribution in [2.45, 2.75) is 0 Å². The molecule has 1 amide bonds. The van der Waals surface area contributed by atoms with E-state index < -0.39 is 5.91 Å². The van der Waals surface area contributed by atoms with E-state index in [1.807, 2.05) is 28.3 Å². The second-order valence-electron chi connectivity index (χ2n) is 4.94. The Morgan fingerprint density at radius 3 is 2.72 bits per heavy atom. The molecule has 0 radical (unpaired) electrons. The van der Waals surface area contributed by atoms with Gasteiger partial charge < -0.3 is 10.1 Å². The van der Waals surface area contributed by atoms with Gasteiger partial charge >= 0.3 is 0 Å². The number of thiazole rings is 1. The molecule has 0 aliphatic rings. The summed E-state index contributed by atoms with van der Waals surface area (Å²) in [5.74, 6) is 0.218. The number of amides is 1. The van der Waals surface area contributed by atoms with Crippen LogP contribution in [0.2, 0.25) is 0 Å². The average Bonchev–Trinajstić information content (AvgIpc) is 3.31. The molecule has 0 unspecified atom stereocenters. The van der Waals surface area contributed by atoms with Crippen molar-refractivity contribution < 1.29 is 9.53 Å². The van der Waals surface area contributed by atoms with Crippen LogP contribution >= 0.6 is 22.7 Å². The highest BCUT2D eigenvalue weighted by Gasteiger charge is 2.11.